The third-order valence-electron chi connectivity index (χ3n) is 3.36. The highest BCUT2D eigenvalue weighted by Crippen LogP contribution is 2.24. The van der Waals surface area contributed by atoms with Crippen molar-refractivity contribution in [2.45, 2.75) is 19.3 Å². The number of hydrogen-bond donors (Lipinski definition) is 1. The van der Waals surface area contributed by atoms with Gasteiger partial charge in [-0.1, -0.05) is 29.8 Å². The molecular formula is C17H14ClFN2OS. The third kappa shape index (κ3) is 3.86. The maximum Gasteiger partial charge on any atom is 0.224 e. The normalized spacial score (nSPS) is 10.9. The van der Waals surface area contributed by atoms with E-state index in [0.717, 1.165) is 21.6 Å². The summed E-state index contributed by atoms with van der Waals surface area (Å²) >= 11 is 7.32. The number of hydrogen-bond acceptors (Lipinski definition) is 3. The van der Waals surface area contributed by atoms with Crippen LogP contribution in [0.4, 0.5) is 10.1 Å². The van der Waals surface area contributed by atoms with Crippen LogP contribution in [0.25, 0.3) is 10.2 Å². The van der Waals surface area contributed by atoms with E-state index in [-0.39, 0.29) is 16.6 Å². The number of nitrogens with one attached hydrogen (secondary N) is 1. The molecule has 3 rings (SSSR count). The molecule has 0 atom stereocenters. The minimum Gasteiger partial charge on any atom is -0.324 e. The monoisotopic (exact) mass is 348 g/mol. The minimum absolute atomic E-state index is 0.00252. The number of rotatable bonds is 5. The standard InChI is InChI=1S/C17H14ClFN2OS/c18-11-5-3-7-13(17(11)19)20-15(22)9-4-10-16-21-12-6-1-2-8-14(12)23-16/h1-3,5-8H,4,9-10H2,(H,20,22). The molecule has 1 N–H and O–H groups in total. The minimum atomic E-state index is -0.603. The Bertz CT molecular complexity index is 816. The smallest absolute Gasteiger partial charge is 0.224 e. The molecule has 2 aromatic carbocycles. The first-order valence-corrected chi connectivity index (χ1v) is 8.41. The fourth-order valence-corrected chi connectivity index (χ4v) is 3.42. The molecule has 0 spiro atoms. The lowest BCUT2D eigenvalue weighted by Crippen LogP contribution is -2.12. The summed E-state index contributed by atoms with van der Waals surface area (Å²) in [5.74, 6) is -0.832. The van der Waals surface area contributed by atoms with Gasteiger partial charge < -0.3 is 5.32 Å². The molecule has 0 saturated heterocycles. The molecule has 1 heterocycles. The highest BCUT2D eigenvalue weighted by Gasteiger charge is 2.10. The van der Waals surface area contributed by atoms with Gasteiger partial charge in [0.25, 0.3) is 0 Å². The summed E-state index contributed by atoms with van der Waals surface area (Å²) in [6.07, 6.45) is 1.69. The zero-order chi connectivity index (χ0) is 16.2. The zero-order valence-corrected chi connectivity index (χ0v) is 13.8. The maximum absolute atomic E-state index is 13.7. The summed E-state index contributed by atoms with van der Waals surface area (Å²) in [5, 5.41) is 3.55. The van der Waals surface area contributed by atoms with Crippen LogP contribution >= 0.6 is 22.9 Å². The summed E-state index contributed by atoms with van der Waals surface area (Å²) in [6, 6.07) is 12.5. The number of carbonyl (C=O) groups excluding carboxylic acids is 1. The molecule has 0 aliphatic carbocycles. The lowest BCUT2D eigenvalue weighted by molar-refractivity contribution is -0.116. The van der Waals surface area contributed by atoms with Gasteiger partial charge in [-0.3, -0.25) is 4.79 Å². The van der Waals surface area contributed by atoms with Gasteiger partial charge in [0.2, 0.25) is 5.91 Å². The highest BCUT2D eigenvalue weighted by molar-refractivity contribution is 7.18. The number of aromatic nitrogens is 1. The van der Waals surface area contributed by atoms with Crippen molar-refractivity contribution >= 4 is 44.7 Å². The van der Waals surface area contributed by atoms with E-state index in [1.807, 2.05) is 24.3 Å². The molecule has 118 valence electrons. The molecule has 0 saturated carbocycles. The molecule has 3 nitrogen and oxygen atoms in total. The number of para-hydroxylation sites is 1. The van der Waals surface area contributed by atoms with Gasteiger partial charge in [0.05, 0.1) is 25.9 Å². The SMILES string of the molecule is O=C(CCCc1nc2ccccc2s1)Nc1cccc(Cl)c1F. The average Bonchev–Trinajstić information content (AvgIpc) is 2.94. The van der Waals surface area contributed by atoms with Crippen molar-refractivity contribution < 1.29 is 9.18 Å². The first-order valence-electron chi connectivity index (χ1n) is 7.22. The molecule has 3 aromatic rings. The van der Waals surface area contributed by atoms with Gasteiger partial charge in [0, 0.05) is 6.42 Å². The van der Waals surface area contributed by atoms with Gasteiger partial charge in [-0.05, 0) is 37.1 Å². The second-order valence-electron chi connectivity index (χ2n) is 5.08. The first-order chi connectivity index (χ1) is 11.1. The molecule has 1 aromatic heterocycles. The van der Waals surface area contributed by atoms with Crippen molar-refractivity contribution in [1.82, 2.24) is 4.98 Å². The lowest BCUT2D eigenvalue weighted by atomic mass is 10.2. The summed E-state index contributed by atoms with van der Waals surface area (Å²) in [4.78, 5) is 16.4. The van der Waals surface area contributed by atoms with Gasteiger partial charge in [0.15, 0.2) is 5.82 Å². The molecule has 0 aliphatic rings. The fraction of sp³-hybridized carbons (Fsp3) is 0.176. The van der Waals surface area contributed by atoms with Crippen LogP contribution in [-0.2, 0) is 11.2 Å². The van der Waals surface area contributed by atoms with Gasteiger partial charge in [-0.15, -0.1) is 11.3 Å². The Morgan fingerprint density at radius 2 is 2.04 bits per heavy atom. The third-order valence-corrected chi connectivity index (χ3v) is 4.75. The Kier molecular flexibility index (Phi) is 4.88. The van der Waals surface area contributed by atoms with Crippen LogP contribution in [0.3, 0.4) is 0 Å². The zero-order valence-electron chi connectivity index (χ0n) is 12.2. The van der Waals surface area contributed by atoms with E-state index < -0.39 is 5.82 Å². The van der Waals surface area contributed by atoms with E-state index in [9.17, 15) is 9.18 Å². The topological polar surface area (TPSA) is 42.0 Å². The second-order valence-corrected chi connectivity index (χ2v) is 6.60. The number of anilines is 1. The van der Waals surface area contributed by atoms with Gasteiger partial charge in [-0.2, -0.15) is 0 Å². The molecule has 1 amide bonds. The van der Waals surface area contributed by atoms with E-state index in [4.69, 9.17) is 11.6 Å². The molecule has 0 bridgehead atoms. The van der Waals surface area contributed by atoms with Crippen LogP contribution in [0, 0.1) is 5.82 Å². The Labute approximate surface area is 142 Å². The summed E-state index contributed by atoms with van der Waals surface area (Å²) in [7, 11) is 0. The predicted molar refractivity (Wildman–Crippen MR) is 92.6 cm³/mol. The Hall–Kier alpha value is -1.98. The van der Waals surface area contributed by atoms with Crippen molar-refractivity contribution in [3.8, 4) is 0 Å². The quantitative estimate of drug-likeness (QED) is 0.701. The van der Waals surface area contributed by atoms with E-state index in [2.05, 4.69) is 10.3 Å². The molecule has 0 fully saturated rings. The van der Waals surface area contributed by atoms with Crippen molar-refractivity contribution in [2.75, 3.05) is 5.32 Å². The fourth-order valence-electron chi connectivity index (χ4n) is 2.24. The van der Waals surface area contributed by atoms with Crippen LogP contribution < -0.4 is 5.32 Å². The number of thiazole rings is 1. The number of fused-ring (bicyclic) bond motifs is 1. The van der Waals surface area contributed by atoms with Gasteiger partial charge in [-0.25, -0.2) is 9.37 Å². The van der Waals surface area contributed by atoms with Crippen LogP contribution in [0.1, 0.15) is 17.8 Å². The van der Waals surface area contributed by atoms with Gasteiger partial charge in [0.1, 0.15) is 0 Å². The van der Waals surface area contributed by atoms with E-state index >= 15 is 0 Å². The Morgan fingerprint density at radius 3 is 2.87 bits per heavy atom. The molecular weight excluding hydrogens is 335 g/mol. The Morgan fingerprint density at radius 1 is 1.22 bits per heavy atom. The second kappa shape index (κ2) is 7.06. The van der Waals surface area contributed by atoms with E-state index in [1.54, 1.807) is 17.4 Å². The van der Waals surface area contributed by atoms with Crippen molar-refractivity contribution in [2.24, 2.45) is 0 Å². The Balaban J connectivity index is 1.54. The van der Waals surface area contributed by atoms with Crippen molar-refractivity contribution in [1.29, 1.82) is 0 Å². The van der Waals surface area contributed by atoms with Crippen LogP contribution in [0.2, 0.25) is 5.02 Å². The van der Waals surface area contributed by atoms with Gasteiger partial charge >= 0.3 is 0 Å². The van der Waals surface area contributed by atoms with Crippen LogP contribution in [0.5, 0.6) is 0 Å². The number of halogens is 2. The highest BCUT2D eigenvalue weighted by atomic mass is 35.5. The van der Waals surface area contributed by atoms with Crippen molar-refractivity contribution in [3.05, 3.63) is 58.3 Å². The first kappa shape index (κ1) is 15.9. The lowest BCUT2D eigenvalue weighted by Gasteiger charge is -2.06. The summed E-state index contributed by atoms with van der Waals surface area (Å²) in [5.41, 5.74) is 1.10. The average molecular weight is 349 g/mol. The molecule has 6 heteroatoms. The van der Waals surface area contributed by atoms with Crippen LogP contribution in [0.15, 0.2) is 42.5 Å². The van der Waals surface area contributed by atoms with E-state index in [1.165, 1.54) is 12.1 Å². The maximum atomic E-state index is 13.7. The number of amides is 1. The number of benzene rings is 2. The molecule has 0 aliphatic heterocycles. The molecule has 0 unspecified atom stereocenters. The van der Waals surface area contributed by atoms with Crippen molar-refractivity contribution in [3.63, 3.8) is 0 Å². The molecule has 23 heavy (non-hydrogen) atoms. The predicted octanol–water partition coefficient (Wildman–Crippen LogP) is 5.05. The number of nitrogens with zero attached hydrogens (tertiary/aromatic N) is 1. The summed E-state index contributed by atoms with van der Waals surface area (Å²) < 4.78 is 14.9. The summed E-state index contributed by atoms with van der Waals surface area (Å²) in [6.45, 7) is 0. The molecule has 0 radical (unpaired) electrons. The largest absolute Gasteiger partial charge is 0.324 e. The van der Waals surface area contributed by atoms with Crippen LogP contribution in [-0.4, -0.2) is 10.9 Å². The van der Waals surface area contributed by atoms with E-state index in [0.29, 0.717) is 12.8 Å². The number of aryl methyl sites for hydroxylation is 1. The number of carbonyl (C=O) groups is 1.